The van der Waals surface area contributed by atoms with Gasteiger partial charge in [0.1, 0.15) is 7.05 Å². The van der Waals surface area contributed by atoms with Crippen LogP contribution in [-0.4, -0.2) is 4.40 Å². The molecule has 0 fully saturated rings. The van der Waals surface area contributed by atoms with Gasteiger partial charge in [-0.25, -0.2) is 11.1 Å². The lowest BCUT2D eigenvalue weighted by atomic mass is 9.90. The van der Waals surface area contributed by atoms with Crippen LogP contribution in [0, 0.1) is 20.4 Å². The molecule has 3 aromatic heterocycles. The fourth-order valence-electron chi connectivity index (χ4n) is 6.21. The Hall–Kier alpha value is -4.42. The monoisotopic (exact) mass is 478 g/mol. The van der Waals surface area contributed by atoms with Crippen LogP contribution < -0.4 is 4.57 Å². The summed E-state index contributed by atoms with van der Waals surface area (Å²) in [4.78, 5) is 4.00. The highest BCUT2D eigenvalue weighted by atomic mass is 15.0. The molecule has 7 rings (SSSR count). The van der Waals surface area contributed by atoms with Gasteiger partial charge in [0.05, 0.1) is 27.3 Å². The molecule has 37 heavy (non-hydrogen) atoms. The molecule has 0 aliphatic carbocycles. The average Bonchev–Trinajstić information content (AvgIpc) is 3.24. The summed E-state index contributed by atoms with van der Waals surface area (Å²) in [5.41, 5.74) is 10.4. The number of rotatable bonds is 2. The van der Waals surface area contributed by atoms with E-state index in [1.54, 1.807) is 0 Å². The van der Waals surface area contributed by atoms with Gasteiger partial charge in [-0.3, -0.25) is 0 Å². The molecule has 4 aromatic carbocycles. The van der Waals surface area contributed by atoms with Crippen molar-refractivity contribution in [2.45, 2.75) is 33.2 Å². The molecule has 3 heterocycles. The number of fused-ring (bicyclic) bond motifs is 5. The van der Waals surface area contributed by atoms with Crippen LogP contribution in [0.1, 0.15) is 30.5 Å². The maximum Gasteiger partial charge on any atom is 0.252 e. The van der Waals surface area contributed by atoms with Crippen LogP contribution >= 0.6 is 0 Å². The van der Waals surface area contributed by atoms with Gasteiger partial charge < -0.3 is 9.25 Å². The average molecular weight is 479 g/mol. The lowest BCUT2D eigenvalue weighted by Crippen LogP contribution is -2.29. The Morgan fingerprint density at radius 1 is 0.838 bits per heavy atom. The van der Waals surface area contributed by atoms with Gasteiger partial charge in [0.25, 0.3) is 5.54 Å². The van der Waals surface area contributed by atoms with E-state index in [0.717, 1.165) is 11.1 Å². The van der Waals surface area contributed by atoms with Gasteiger partial charge in [-0.1, -0.05) is 48.5 Å². The maximum atomic E-state index is 7.91. The van der Waals surface area contributed by atoms with Crippen molar-refractivity contribution in [2.75, 3.05) is 0 Å². The second-order valence-corrected chi connectivity index (χ2v) is 10.9. The number of para-hydroxylation sites is 1. The molecule has 0 saturated heterocycles. The zero-order valence-electron chi connectivity index (χ0n) is 21.8. The van der Waals surface area contributed by atoms with E-state index < -0.39 is 5.54 Å². The second kappa shape index (κ2) is 7.31. The predicted molar refractivity (Wildman–Crippen MR) is 154 cm³/mol. The molecule has 0 saturated carbocycles. The van der Waals surface area contributed by atoms with Crippen LogP contribution in [0.4, 0.5) is 0 Å². The fraction of sp³-hybridized carbons (Fsp3) is 0.176. The van der Waals surface area contributed by atoms with Crippen LogP contribution in [0.2, 0.25) is 0 Å². The van der Waals surface area contributed by atoms with Crippen LogP contribution in [0.3, 0.4) is 0 Å². The highest BCUT2D eigenvalue weighted by Crippen LogP contribution is 2.45. The molecule has 0 unspecified atom stereocenters. The molecule has 0 spiro atoms. The van der Waals surface area contributed by atoms with Crippen molar-refractivity contribution in [2.24, 2.45) is 7.05 Å². The van der Waals surface area contributed by atoms with Gasteiger partial charge in [-0.2, -0.15) is 0 Å². The zero-order chi connectivity index (χ0) is 25.6. The topological polar surface area (TPSA) is 12.7 Å². The van der Waals surface area contributed by atoms with Crippen molar-refractivity contribution in [3.8, 4) is 11.1 Å². The molecule has 3 nitrogen and oxygen atoms in total. The van der Waals surface area contributed by atoms with Crippen molar-refractivity contribution in [1.29, 1.82) is 0 Å². The smallest absolute Gasteiger partial charge is 0.252 e. The molecule has 7 aromatic rings. The summed E-state index contributed by atoms with van der Waals surface area (Å²) < 4.78 is 4.76. The van der Waals surface area contributed by atoms with E-state index >= 15 is 0 Å². The molecule has 3 heteroatoms. The van der Waals surface area contributed by atoms with Crippen molar-refractivity contribution in [3.05, 3.63) is 107 Å². The van der Waals surface area contributed by atoms with Crippen molar-refractivity contribution in [1.82, 2.24) is 4.40 Å². The van der Waals surface area contributed by atoms with E-state index in [-0.39, 0.29) is 0 Å². The molecule has 0 aliphatic rings. The first-order valence-electron chi connectivity index (χ1n) is 12.8. The molecule has 0 amide bonds. The summed E-state index contributed by atoms with van der Waals surface area (Å²) in [6, 6.07) is 26.4. The van der Waals surface area contributed by atoms with Crippen LogP contribution in [0.15, 0.2) is 79.0 Å². The van der Waals surface area contributed by atoms with Crippen molar-refractivity contribution >= 4 is 49.0 Å². The number of pyridine rings is 2. The minimum Gasteiger partial charge on any atom is -0.307 e. The number of nitrogens with zero attached hydrogens (tertiary/aromatic N) is 3. The Morgan fingerprint density at radius 2 is 1.62 bits per heavy atom. The molecule has 0 radical (unpaired) electrons. The molecular weight excluding hydrogens is 450 g/mol. The molecule has 0 aliphatic heterocycles. The minimum absolute atomic E-state index is 0.614. The summed E-state index contributed by atoms with van der Waals surface area (Å²) in [5.74, 6) is 0. The standard InChI is InChI=1S/C34H28N3/c1-20-17-27-26-14-10-13-25(22-11-8-7-9-12-22)31(26)37-28-19-24(34(3,4)35-5)18-23-15-16-36(6)33(30(23)28)29(21(20)2)32(27)37/h7-19H,1-4,6H3/q+1. The van der Waals surface area contributed by atoms with Crippen LogP contribution in [0.5, 0.6) is 0 Å². The Bertz CT molecular complexity index is 2090. The van der Waals surface area contributed by atoms with Gasteiger partial charge in [0, 0.05) is 41.8 Å². The van der Waals surface area contributed by atoms with E-state index in [1.807, 2.05) is 13.8 Å². The second-order valence-electron chi connectivity index (χ2n) is 10.9. The molecule has 178 valence electrons. The molecule has 0 atom stereocenters. The lowest BCUT2D eigenvalue weighted by Gasteiger charge is -2.18. The lowest BCUT2D eigenvalue weighted by molar-refractivity contribution is -0.643. The fourth-order valence-corrected chi connectivity index (χ4v) is 6.21. The van der Waals surface area contributed by atoms with E-state index in [4.69, 9.17) is 6.57 Å². The normalized spacial score (nSPS) is 12.4. The number of hydrogen-bond acceptors (Lipinski definition) is 0. The summed E-state index contributed by atoms with van der Waals surface area (Å²) in [6.45, 7) is 16.4. The third-order valence-electron chi connectivity index (χ3n) is 8.36. The van der Waals surface area contributed by atoms with Gasteiger partial charge >= 0.3 is 0 Å². The Balaban J connectivity index is 1.88. The summed E-state index contributed by atoms with van der Waals surface area (Å²) in [7, 11) is 2.15. The van der Waals surface area contributed by atoms with Crippen molar-refractivity contribution in [3.63, 3.8) is 0 Å². The Morgan fingerprint density at radius 3 is 2.38 bits per heavy atom. The third kappa shape index (κ3) is 2.79. The number of aryl methyl sites for hydroxylation is 3. The largest absolute Gasteiger partial charge is 0.307 e. The van der Waals surface area contributed by atoms with E-state index in [2.05, 4.69) is 114 Å². The van der Waals surface area contributed by atoms with E-state index in [1.165, 1.54) is 65.7 Å². The minimum atomic E-state index is -0.614. The van der Waals surface area contributed by atoms with E-state index in [9.17, 15) is 0 Å². The van der Waals surface area contributed by atoms with Crippen LogP contribution in [-0.2, 0) is 12.6 Å². The number of benzene rings is 4. The summed E-state index contributed by atoms with van der Waals surface area (Å²) in [6.07, 6.45) is 2.16. The SMILES string of the molecule is [C-]#[N+]C(C)(C)c1cc2cc[n+](C)c3c4c(C)c(C)cc5c6cccc(-c7ccccc7)c6n(c(c1)c23)c54. The molecular formula is C34H28N3+. The quantitative estimate of drug-likeness (QED) is 0.103. The van der Waals surface area contributed by atoms with Gasteiger partial charge in [0.15, 0.2) is 6.20 Å². The van der Waals surface area contributed by atoms with Gasteiger partial charge in [0.2, 0.25) is 5.52 Å². The van der Waals surface area contributed by atoms with Gasteiger partial charge in [-0.15, -0.1) is 0 Å². The summed E-state index contributed by atoms with van der Waals surface area (Å²) >= 11 is 0. The first-order chi connectivity index (χ1) is 17.8. The number of hydrogen-bond donors (Lipinski definition) is 0. The molecule has 0 bridgehead atoms. The molecule has 0 N–H and O–H groups in total. The highest BCUT2D eigenvalue weighted by molar-refractivity contribution is 6.27. The summed E-state index contributed by atoms with van der Waals surface area (Å²) in [5, 5.41) is 6.28. The van der Waals surface area contributed by atoms with Gasteiger partial charge in [-0.05, 0) is 54.1 Å². The first-order valence-corrected chi connectivity index (χ1v) is 12.8. The van der Waals surface area contributed by atoms with E-state index in [0.29, 0.717) is 0 Å². The predicted octanol–water partition coefficient (Wildman–Crippen LogP) is 8.25. The Kier molecular flexibility index (Phi) is 4.31. The zero-order valence-corrected chi connectivity index (χ0v) is 21.8. The van der Waals surface area contributed by atoms with Crippen LogP contribution in [0.25, 0.3) is 65.0 Å². The first kappa shape index (κ1) is 21.8. The Labute approximate surface area is 216 Å². The van der Waals surface area contributed by atoms with Crippen molar-refractivity contribution < 1.29 is 4.57 Å². The number of aromatic nitrogens is 2. The maximum absolute atomic E-state index is 7.91. The third-order valence-corrected chi connectivity index (χ3v) is 8.36. The highest BCUT2D eigenvalue weighted by Gasteiger charge is 2.31.